The number of ether oxygens (including phenoxy) is 1. The molecule has 1 aromatic carbocycles. The second-order valence-electron chi connectivity index (χ2n) is 10.4. The zero-order valence-electron chi connectivity index (χ0n) is 18.7. The molecule has 29 heavy (non-hydrogen) atoms. The summed E-state index contributed by atoms with van der Waals surface area (Å²) in [5.74, 6) is -0.849. The SMILES string of the molecule is COC1CCC(CCc2ccc(C3CC(C)(C)N([OH2+])C(C)(C)C3)c(F)c2F)CC1. The summed E-state index contributed by atoms with van der Waals surface area (Å²) in [6, 6.07) is 3.59. The number of hydrogen-bond donors (Lipinski definition) is 0. The van der Waals surface area contributed by atoms with Crippen LogP contribution in [0.1, 0.15) is 89.7 Å². The van der Waals surface area contributed by atoms with E-state index in [1.165, 1.54) is 0 Å². The van der Waals surface area contributed by atoms with Crippen molar-refractivity contribution in [1.29, 1.82) is 0 Å². The van der Waals surface area contributed by atoms with Gasteiger partial charge < -0.3 is 9.94 Å². The number of halogens is 2. The Labute approximate surface area is 174 Å². The summed E-state index contributed by atoms with van der Waals surface area (Å²) in [6.45, 7) is 8.04. The van der Waals surface area contributed by atoms with Crippen LogP contribution in [0.15, 0.2) is 12.1 Å². The smallest absolute Gasteiger partial charge is 0.162 e. The molecule has 1 saturated carbocycles. The summed E-state index contributed by atoms with van der Waals surface area (Å²) in [6.07, 6.45) is 7.51. The second kappa shape index (κ2) is 8.60. The van der Waals surface area contributed by atoms with Crippen molar-refractivity contribution in [2.45, 2.75) is 102 Å². The van der Waals surface area contributed by atoms with E-state index in [-0.39, 0.29) is 17.0 Å². The predicted octanol–water partition coefficient (Wildman–Crippen LogP) is 5.48. The van der Waals surface area contributed by atoms with Crippen LogP contribution in [-0.4, -0.2) is 34.6 Å². The summed E-state index contributed by atoms with van der Waals surface area (Å²) >= 11 is 0. The van der Waals surface area contributed by atoms with Gasteiger partial charge in [0, 0.05) is 7.11 Å². The first-order chi connectivity index (χ1) is 13.5. The molecular weight excluding hydrogens is 372 g/mol. The minimum atomic E-state index is -0.680. The molecule has 1 aliphatic heterocycles. The average molecular weight is 411 g/mol. The fourth-order valence-corrected chi connectivity index (χ4v) is 5.63. The van der Waals surface area contributed by atoms with Gasteiger partial charge in [0.15, 0.2) is 11.6 Å². The first-order valence-corrected chi connectivity index (χ1v) is 11.1. The number of hydrogen-bond acceptors (Lipinski definition) is 2. The van der Waals surface area contributed by atoms with Crippen molar-refractivity contribution in [3.8, 4) is 0 Å². The van der Waals surface area contributed by atoms with Gasteiger partial charge in [0.25, 0.3) is 0 Å². The minimum absolute atomic E-state index is 0.0746. The first kappa shape index (κ1) is 22.6. The largest absolute Gasteiger partial charge is 0.381 e. The highest BCUT2D eigenvalue weighted by molar-refractivity contribution is 5.30. The number of aryl methyl sites for hydroxylation is 1. The molecule has 2 N–H and O–H groups in total. The van der Waals surface area contributed by atoms with E-state index in [2.05, 4.69) is 0 Å². The molecule has 2 fully saturated rings. The Balaban J connectivity index is 1.70. The average Bonchev–Trinajstić information content (AvgIpc) is 2.67. The van der Waals surface area contributed by atoms with E-state index in [0.717, 1.165) is 32.1 Å². The summed E-state index contributed by atoms with van der Waals surface area (Å²) < 4.78 is 35.4. The Hall–Kier alpha value is -1.04. The molecule has 0 spiro atoms. The molecule has 1 saturated heterocycles. The molecule has 0 atom stereocenters. The highest BCUT2D eigenvalue weighted by atomic mass is 19.2. The van der Waals surface area contributed by atoms with Crippen LogP contribution in [0.3, 0.4) is 0 Å². The van der Waals surface area contributed by atoms with Crippen molar-refractivity contribution in [3.05, 3.63) is 34.9 Å². The molecule has 0 bridgehead atoms. The highest BCUT2D eigenvalue weighted by Crippen LogP contribution is 2.45. The Morgan fingerprint density at radius 1 is 1.00 bits per heavy atom. The molecule has 0 aromatic heterocycles. The van der Waals surface area contributed by atoms with Crippen LogP contribution in [-0.2, 0) is 11.2 Å². The molecule has 1 heterocycles. The summed E-state index contributed by atoms with van der Waals surface area (Å²) in [5, 5.41) is 10.0. The Kier molecular flexibility index (Phi) is 6.72. The van der Waals surface area contributed by atoms with Gasteiger partial charge in [-0.2, -0.15) is 0 Å². The maximum absolute atomic E-state index is 15.1. The van der Waals surface area contributed by atoms with E-state index < -0.39 is 11.6 Å². The molecule has 0 unspecified atom stereocenters. The maximum atomic E-state index is 15.1. The predicted molar refractivity (Wildman–Crippen MR) is 113 cm³/mol. The highest BCUT2D eigenvalue weighted by Gasteiger charge is 2.49. The third-order valence-electron chi connectivity index (χ3n) is 7.28. The van der Waals surface area contributed by atoms with E-state index in [9.17, 15) is 4.39 Å². The molecule has 1 aliphatic carbocycles. The van der Waals surface area contributed by atoms with E-state index in [1.54, 1.807) is 24.3 Å². The molecule has 5 heteroatoms. The summed E-state index contributed by atoms with van der Waals surface area (Å²) in [7, 11) is 1.76. The summed E-state index contributed by atoms with van der Waals surface area (Å²) in [5.41, 5.74) is 0.210. The zero-order chi connectivity index (χ0) is 21.4. The number of hydroxylamine groups is 2. The topological polar surface area (TPSA) is 35.4 Å². The Bertz CT molecular complexity index is 693. The number of rotatable bonds is 5. The van der Waals surface area contributed by atoms with Gasteiger partial charge >= 0.3 is 0 Å². The van der Waals surface area contributed by atoms with E-state index >= 15 is 4.39 Å². The van der Waals surface area contributed by atoms with Gasteiger partial charge in [-0.15, -0.1) is 0 Å². The van der Waals surface area contributed by atoms with Gasteiger partial charge in [-0.05, 0) is 102 Å². The second-order valence-corrected chi connectivity index (χ2v) is 10.4. The molecule has 3 nitrogen and oxygen atoms in total. The fourth-order valence-electron chi connectivity index (χ4n) is 5.63. The lowest BCUT2D eigenvalue weighted by Gasteiger charge is -2.48. The van der Waals surface area contributed by atoms with Crippen molar-refractivity contribution in [2.75, 3.05) is 7.11 Å². The van der Waals surface area contributed by atoms with Crippen molar-refractivity contribution in [3.63, 3.8) is 0 Å². The van der Waals surface area contributed by atoms with Gasteiger partial charge in [0.2, 0.25) is 0 Å². The number of nitrogens with zero attached hydrogens (tertiary/aromatic N) is 1. The van der Waals surface area contributed by atoms with Gasteiger partial charge in [0.1, 0.15) is 0 Å². The lowest BCUT2D eigenvalue weighted by molar-refractivity contribution is -0.245. The number of benzene rings is 1. The lowest BCUT2D eigenvalue weighted by atomic mass is 9.72. The maximum Gasteiger partial charge on any atom is 0.162 e. The third-order valence-corrected chi connectivity index (χ3v) is 7.28. The van der Waals surface area contributed by atoms with Crippen LogP contribution in [0.5, 0.6) is 0 Å². The van der Waals surface area contributed by atoms with E-state index in [1.807, 2.05) is 27.7 Å². The van der Waals surface area contributed by atoms with Gasteiger partial charge in [-0.1, -0.05) is 17.2 Å². The Morgan fingerprint density at radius 3 is 2.14 bits per heavy atom. The zero-order valence-corrected chi connectivity index (χ0v) is 18.7. The molecule has 3 rings (SSSR count). The van der Waals surface area contributed by atoms with Crippen LogP contribution < -0.4 is 0 Å². The monoisotopic (exact) mass is 410 g/mol. The molecule has 0 radical (unpaired) electrons. The van der Waals surface area contributed by atoms with Gasteiger partial charge in [-0.3, -0.25) is 0 Å². The third kappa shape index (κ3) is 4.83. The molecule has 2 aliphatic rings. The fraction of sp³-hybridized carbons (Fsp3) is 0.750. The molecule has 1 aromatic rings. The first-order valence-electron chi connectivity index (χ1n) is 11.1. The number of methoxy groups -OCH3 is 1. The van der Waals surface area contributed by atoms with Gasteiger partial charge in [-0.25, -0.2) is 8.78 Å². The normalized spacial score (nSPS) is 27.9. The summed E-state index contributed by atoms with van der Waals surface area (Å²) in [4.78, 5) is 0. The van der Waals surface area contributed by atoms with Crippen LogP contribution in [0, 0.1) is 17.6 Å². The van der Waals surface area contributed by atoms with Crippen molar-refractivity contribution in [1.82, 2.24) is 5.06 Å². The van der Waals surface area contributed by atoms with Crippen molar-refractivity contribution < 1.29 is 18.7 Å². The van der Waals surface area contributed by atoms with Crippen molar-refractivity contribution >= 4 is 0 Å². The van der Waals surface area contributed by atoms with Crippen LogP contribution >= 0.6 is 0 Å². The van der Waals surface area contributed by atoms with Crippen LogP contribution in [0.25, 0.3) is 0 Å². The number of piperidine rings is 1. The Morgan fingerprint density at radius 2 is 1.59 bits per heavy atom. The van der Waals surface area contributed by atoms with Crippen molar-refractivity contribution in [2.24, 2.45) is 5.92 Å². The van der Waals surface area contributed by atoms with Crippen LogP contribution in [0.4, 0.5) is 8.78 Å². The van der Waals surface area contributed by atoms with Crippen LogP contribution in [0.2, 0.25) is 0 Å². The molecule has 0 amide bonds. The van der Waals surface area contributed by atoms with Gasteiger partial charge in [0.05, 0.1) is 17.2 Å². The van der Waals surface area contributed by atoms with E-state index in [4.69, 9.17) is 9.94 Å². The minimum Gasteiger partial charge on any atom is -0.381 e. The van der Waals surface area contributed by atoms with E-state index in [0.29, 0.717) is 42.4 Å². The lowest BCUT2D eigenvalue weighted by Crippen LogP contribution is -2.58. The standard InChI is InChI=1S/C24H37F2NO2/c1-23(2)14-18(15-24(3,4)27(23)28)20-13-10-17(21(25)22(20)26)9-6-16-7-11-19(29-5)12-8-16/h10,13,16,18-19,28H,6-9,11-12,14-15H2,1-5H3/p+1. The molecule has 164 valence electrons. The quantitative estimate of drug-likeness (QED) is 0.603. The molecular formula is C24H38F2NO2+.